The number of nitrogens with one attached hydrogen (secondary N) is 1. The molecule has 0 aliphatic carbocycles. The number of carbonyl (C=O) groups excluding carboxylic acids is 1. The summed E-state index contributed by atoms with van der Waals surface area (Å²) < 4.78 is 0. The lowest BCUT2D eigenvalue weighted by molar-refractivity contribution is -0.123. The van der Waals surface area contributed by atoms with Gasteiger partial charge >= 0.3 is 0 Å². The first-order chi connectivity index (χ1) is 10.1. The molecule has 0 unspecified atom stereocenters. The molecule has 0 spiro atoms. The summed E-state index contributed by atoms with van der Waals surface area (Å²) in [4.78, 5) is 12.2. The molecule has 3 nitrogen and oxygen atoms in total. The van der Waals surface area contributed by atoms with E-state index in [-0.39, 0.29) is 11.9 Å². The van der Waals surface area contributed by atoms with Crippen molar-refractivity contribution in [2.75, 3.05) is 0 Å². The average molecular weight is 282 g/mol. The number of rotatable bonds is 5. The fourth-order valence-corrected chi connectivity index (χ4v) is 2.43. The predicted octanol–water partition coefficient (Wildman–Crippen LogP) is 2.74. The average Bonchev–Trinajstić information content (AvgIpc) is 2.48. The quantitative estimate of drug-likeness (QED) is 0.886. The van der Waals surface area contributed by atoms with Gasteiger partial charge in [-0.05, 0) is 37.0 Å². The van der Waals surface area contributed by atoms with Crippen LogP contribution in [0.15, 0.2) is 54.6 Å². The summed E-state index contributed by atoms with van der Waals surface area (Å²) in [5, 5.41) is 2.99. The van der Waals surface area contributed by atoms with E-state index in [9.17, 15) is 4.79 Å². The van der Waals surface area contributed by atoms with Crippen LogP contribution in [0.4, 0.5) is 0 Å². The van der Waals surface area contributed by atoms with Crippen LogP contribution in [-0.4, -0.2) is 11.9 Å². The molecule has 0 radical (unpaired) electrons. The largest absolute Gasteiger partial charge is 0.348 e. The van der Waals surface area contributed by atoms with Crippen LogP contribution in [0.1, 0.15) is 29.7 Å². The molecule has 3 heteroatoms. The molecule has 0 aliphatic rings. The van der Waals surface area contributed by atoms with Crippen molar-refractivity contribution in [3.63, 3.8) is 0 Å². The molecular weight excluding hydrogens is 260 g/mol. The molecule has 0 saturated heterocycles. The SMILES string of the molecule is Cc1ccccc1[C@@H](C)NC(=O)[C@@H](N)Cc1ccccc1. The van der Waals surface area contributed by atoms with Crippen molar-refractivity contribution in [1.29, 1.82) is 0 Å². The second kappa shape index (κ2) is 7.04. The van der Waals surface area contributed by atoms with Gasteiger partial charge in [-0.2, -0.15) is 0 Å². The van der Waals surface area contributed by atoms with E-state index in [0.29, 0.717) is 6.42 Å². The second-order valence-corrected chi connectivity index (χ2v) is 5.38. The maximum Gasteiger partial charge on any atom is 0.237 e. The molecule has 0 saturated carbocycles. The summed E-state index contributed by atoms with van der Waals surface area (Å²) in [7, 11) is 0. The third-order valence-electron chi connectivity index (χ3n) is 3.65. The van der Waals surface area contributed by atoms with Crippen LogP contribution >= 0.6 is 0 Å². The number of amides is 1. The first kappa shape index (κ1) is 15.3. The van der Waals surface area contributed by atoms with Crippen LogP contribution < -0.4 is 11.1 Å². The van der Waals surface area contributed by atoms with Crippen molar-refractivity contribution in [1.82, 2.24) is 5.32 Å². The lowest BCUT2D eigenvalue weighted by Crippen LogP contribution is -2.43. The lowest BCUT2D eigenvalue weighted by atomic mass is 10.0. The predicted molar refractivity (Wildman–Crippen MR) is 85.9 cm³/mol. The third kappa shape index (κ3) is 4.17. The molecule has 2 atom stereocenters. The number of hydrogen-bond donors (Lipinski definition) is 2. The standard InChI is InChI=1S/C18H22N2O/c1-13-8-6-7-11-16(13)14(2)20-18(21)17(19)12-15-9-4-3-5-10-15/h3-11,14,17H,12,19H2,1-2H3,(H,20,21)/t14-,17+/m1/s1. The van der Waals surface area contributed by atoms with Gasteiger partial charge in [-0.1, -0.05) is 54.6 Å². The highest BCUT2D eigenvalue weighted by Crippen LogP contribution is 2.16. The van der Waals surface area contributed by atoms with E-state index < -0.39 is 6.04 Å². The first-order valence-electron chi connectivity index (χ1n) is 7.23. The van der Waals surface area contributed by atoms with Gasteiger partial charge in [0.05, 0.1) is 12.1 Å². The van der Waals surface area contributed by atoms with Crippen LogP contribution in [0, 0.1) is 6.92 Å². The fourth-order valence-electron chi connectivity index (χ4n) is 2.43. The Balaban J connectivity index is 1.96. The molecule has 2 aromatic carbocycles. The van der Waals surface area contributed by atoms with Gasteiger partial charge in [-0.25, -0.2) is 0 Å². The van der Waals surface area contributed by atoms with E-state index in [2.05, 4.69) is 5.32 Å². The molecule has 0 bridgehead atoms. The Hall–Kier alpha value is -2.13. The zero-order valence-corrected chi connectivity index (χ0v) is 12.5. The maximum atomic E-state index is 12.2. The van der Waals surface area contributed by atoms with Gasteiger partial charge in [-0.15, -0.1) is 0 Å². The number of aryl methyl sites for hydroxylation is 1. The minimum Gasteiger partial charge on any atom is -0.348 e. The van der Waals surface area contributed by atoms with E-state index in [4.69, 9.17) is 5.73 Å². The van der Waals surface area contributed by atoms with Crippen molar-refractivity contribution >= 4 is 5.91 Å². The molecule has 21 heavy (non-hydrogen) atoms. The molecule has 0 aromatic heterocycles. The molecule has 2 aromatic rings. The Morgan fingerprint density at radius 2 is 1.71 bits per heavy atom. The molecule has 0 fully saturated rings. The molecule has 0 aliphatic heterocycles. The van der Waals surface area contributed by atoms with Gasteiger partial charge in [0.1, 0.15) is 0 Å². The van der Waals surface area contributed by atoms with Crippen molar-refractivity contribution in [2.45, 2.75) is 32.4 Å². The Labute approximate surface area is 126 Å². The second-order valence-electron chi connectivity index (χ2n) is 5.38. The van der Waals surface area contributed by atoms with E-state index in [0.717, 1.165) is 11.1 Å². The zero-order valence-electron chi connectivity index (χ0n) is 12.5. The number of carbonyl (C=O) groups is 1. The maximum absolute atomic E-state index is 12.2. The van der Waals surface area contributed by atoms with Crippen LogP contribution in [0.5, 0.6) is 0 Å². The first-order valence-corrected chi connectivity index (χ1v) is 7.23. The minimum absolute atomic E-state index is 0.0412. The minimum atomic E-state index is -0.529. The van der Waals surface area contributed by atoms with Crippen LogP contribution in [-0.2, 0) is 11.2 Å². The molecule has 3 N–H and O–H groups in total. The third-order valence-corrected chi connectivity index (χ3v) is 3.65. The smallest absolute Gasteiger partial charge is 0.237 e. The summed E-state index contributed by atoms with van der Waals surface area (Å²) >= 11 is 0. The van der Waals surface area contributed by atoms with Crippen molar-refractivity contribution in [3.05, 3.63) is 71.3 Å². The molecule has 0 heterocycles. The summed E-state index contributed by atoms with van der Waals surface area (Å²) in [5.74, 6) is -0.116. The molecule has 1 amide bonds. The van der Waals surface area contributed by atoms with E-state index >= 15 is 0 Å². The highest BCUT2D eigenvalue weighted by molar-refractivity contribution is 5.82. The van der Waals surface area contributed by atoms with E-state index in [1.807, 2.05) is 68.4 Å². The van der Waals surface area contributed by atoms with E-state index in [1.165, 1.54) is 5.56 Å². The summed E-state index contributed by atoms with van der Waals surface area (Å²) in [6.45, 7) is 4.03. The van der Waals surface area contributed by atoms with Crippen LogP contribution in [0.3, 0.4) is 0 Å². The lowest BCUT2D eigenvalue weighted by Gasteiger charge is -2.19. The normalized spacial score (nSPS) is 13.5. The molecular formula is C18H22N2O. The van der Waals surface area contributed by atoms with E-state index in [1.54, 1.807) is 0 Å². The summed E-state index contributed by atoms with van der Waals surface area (Å²) in [6, 6.07) is 17.3. The van der Waals surface area contributed by atoms with Gasteiger partial charge in [0.15, 0.2) is 0 Å². The van der Waals surface area contributed by atoms with Gasteiger partial charge in [0.25, 0.3) is 0 Å². The number of benzene rings is 2. The Kier molecular flexibility index (Phi) is 5.12. The Morgan fingerprint density at radius 1 is 1.10 bits per heavy atom. The Morgan fingerprint density at radius 3 is 2.38 bits per heavy atom. The molecule has 2 rings (SSSR count). The summed E-state index contributed by atoms with van der Waals surface area (Å²) in [5.41, 5.74) is 9.37. The number of hydrogen-bond acceptors (Lipinski definition) is 2. The van der Waals surface area contributed by atoms with Crippen molar-refractivity contribution < 1.29 is 4.79 Å². The van der Waals surface area contributed by atoms with Gasteiger partial charge in [-0.3, -0.25) is 4.79 Å². The number of nitrogens with two attached hydrogens (primary N) is 1. The van der Waals surface area contributed by atoms with Gasteiger partial charge < -0.3 is 11.1 Å². The zero-order chi connectivity index (χ0) is 15.2. The van der Waals surface area contributed by atoms with Gasteiger partial charge in [0, 0.05) is 0 Å². The molecule has 110 valence electrons. The van der Waals surface area contributed by atoms with Crippen LogP contribution in [0.25, 0.3) is 0 Å². The highest BCUT2D eigenvalue weighted by atomic mass is 16.2. The Bertz CT molecular complexity index is 595. The monoisotopic (exact) mass is 282 g/mol. The topological polar surface area (TPSA) is 55.1 Å². The fraction of sp³-hybridized carbons (Fsp3) is 0.278. The summed E-state index contributed by atoms with van der Waals surface area (Å²) in [6.07, 6.45) is 0.549. The highest BCUT2D eigenvalue weighted by Gasteiger charge is 2.17. The van der Waals surface area contributed by atoms with Crippen molar-refractivity contribution in [3.8, 4) is 0 Å². The van der Waals surface area contributed by atoms with Crippen molar-refractivity contribution in [2.24, 2.45) is 5.73 Å². The van der Waals surface area contributed by atoms with Crippen LogP contribution in [0.2, 0.25) is 0 Å². The van der Waals surface area contributed by atoms with Gasteiger partial charge in [0.2, 0.25) is 5.91 Å².